The Morgan fingerprint density at radius 1 is 1.00 bits per heavy atom. The summed E-state index contributed by atoms with van der Waals surface area (Å²) >= 11 is 0. The largest absolute Gasteiger partial charge is 0.326 e. The van der Waals surface area contributed by atoms with Crippen LogP contribution < -0.4 is 0 Å². The minimum absolute atomic E-state index is 0. The van der Waals surface area contributed by atoms with Crippen molar-refractivity contribution in [2.24, 2.45) is 0 Å². The summed E-state index contributed by atoms with van der Waals surface area (Å²) < 4.78 is 51.5. The number of hydrogen-bond donors (Lipinski definition) is 0. The maximum atomic E-state index is 10.8. The van der Waals surface area contributed by atoms with E-state index in [9.17, 15) is 16.8 Å². The van der Waals surface area contributed by atoms with Crippen LogP contribution in [0.5, 0.6) is 0 Å². The average Bonchev–Trinajstić information content (AvgIpc) is 2.09. The topological polar surface area (TPSA) is 86.7 Å². The summed E-state index contributed by atoms with van der Waals surface area (Å²) in [6, 6.07) is 0. The van der Waals surface area contributed by atoms with Gasteiger partial charge in [0.25, 0.3) is 10.1 Å². The standard InChI is InChI=1S/C7H15O6S2.Co/c1-3-15(10,11)13-7-5-4-6-12-14(2,8)9;/h1,3-7H2,2H3;/q-1;. The zero-order valence-electron chi connectivity index (χ0n) is 8.84. The normalized spacial score (nSPS) is 12.1. The van der Waals surface area contributed by atoms with Crippen molar-refractivity contribution in [2.75, 3.05) is 25.2 Å². The van der Waals surface area contributed by atoms with Gasteiger partial charge in [0.1, 0.15) is 0 Å². The van der Waals surface area contributed by atoms with Crippen LogP contribution in [0.15, 0.2) is 0 Å². The van der Waals surface area contributed by atoms with E-state index in [-0.39, 0.29) is 35.7 Å². The molecular weight excluding hydrogens is 303 g/mol. The summed E-state index contributed by atoms with van der Waals surface area (Å²) in [5, 5.41) is 0. The molecule has 0 aromatic rings. The average molecular weight is 318 g/mol. The predicted molar refractivity (Wildman–Crippen MR) is 55.1 cm³/mol. The maximum Gasteiger partial charge on any atom is 0.264 e. The Morgan fingerprint density at radius 3 is 1.81 bits per heavy atom. The van der Waals surface area contributed by atoms with Crippen LogP contribution in [0.4, 0.5) is 0 Å². The van der Waals surface area contributed by atoms with Gasteiger partial charge in [0, 0.05) is 16.8 Å². The molecule has 1 radical (unpaired) electrons. The van der Waals surface area contributed by atoms with Gasteiger partial charge in [-0.15, -0.1) is 0 Å². The van der Waals surface area contributed by atoms with Crippen molar-refractivity contribution in [1.82, 2.24) is 0 Å². The van der Waals surface area contributed by atoms with E-state index in [4.69, 9.17) is 0 Å². The van der Waals surface area contributed by atoms with Gasteiger partial charge in [-0.05, 0) is 12.8 Å². The van der Waals surface area contributed by atoms with Crippen LogP contribution in [-0.4, -0.2) is 42.1 Å². The number of rotatable bonds is 8. The fraction of sp³-hybridized carbons (Fsp3) is 0.857. The fourth-order valence-electron chi connectivity index (χ4n) is 0.659. The zero-order valence-corrected chi connectivity index (χ0v) is 11.5. The first-order chi connectivity index (χ1) is 6.77. The summed E-state index contributed by atoms with van der Waals surface area (Å²) in [5.74, 6) is -0.313. The molecule has 0 atom stereocenters. The van der Waals surface area contributed by atoms with E-state index in [0.717, 1.165) is 6.26 Å². The van der Waals surface area contributed by atoms with Crippen molar-refractivity contribution in [3.63, 3.8) is 0 Å². The minimum atomic E-state index is -3.51. The molecule has 0 saturated heterocycles. The van der Waals surface area contributed by atoms with Crippen molar-refractivity contribution in [1.29, 1.82) is 0 Å². The van der Waals surface area contributed by atoms with Gasteiger partial charge in [0.05, 0.1) is 19.5 Å². The third kappa shape index (κ3) is 12.4. The molecule has 0 N–H and O–H groups in total. The van der Waals surface area contributed by atoms with Crippen molar-refractivity contribution >= 4 is 20.2 Å². The van der Waals surface area contributed by atoms with Crippen LogP contribution in [0, 0.1) is 6.92 Å². The SMILES string of the molecule is [CH2-]CS(=O)(=O)OCCCCOS(C)(=O)=O.[Co]. The van der Waals surface area contributed by atoms with Crippen molar-refractivity contribution in [2.45, 2.75) is 12.8 Å². The van der Waals surface area contributed by atoms with Crippen LogP contribution in [-0.2, 0) is 45.4 Å². The van der Waals surface area contributed by atoms with Crippen molar-refractivity contribution in [3.8, 4) is 0 Å². The molecular formula is C7H15CoO6S2-. The van der Waals surface area contributed by atoms with Crippen LogP contribution in [0.2, 0.25) is 0 Å². The minimum Gasteiger partial charge on any atom is -0.326 e. The van der Waals surface area contributed by atoms with Gasteiger partial charge in [-0.1, -0.05) is 5.75 Å². The Bertz CT molecular complexity index is 360. The second kappa shape index (κ2) is 8.42. The van der Waals surface area contributed by atoms with Gasteiger partial charge in [-0.2, -0.15) is 8.42 Å². The van der Waals surface area contributed by atoms with E-state index in [0.29, 0.717) is 12.8 Å². The molecule has 0 fully saturated rings. The third-order valence-electron chi connectivity index (χ3n) is 1.35. The smallest absolute Gasteiger partial charge is 0.264 e. The Labute approximate surface area is 107 Å². The Morgan fingerprint density at radius 2 is 1.44 bits per heavy atom. The molecule has 0 heterocycles. The number of unbranched alkanes of at least 4 members (excludes halogenated alkanes) is 1. The van der Waals surface area contributed by atoms with Gasteiger partial charge in [0.15, 0.2) is 0 Å². The first kappa shape index (κ1) is 18.7. The summed E-state index contributed by atoms with van der Waals surface area (Å²) in [7, 11) is -6.92. The van der Waals surface area contributed by atoms with Gasteiger partial charge in [-0.3, -0.25) is 8.37 Å². The molecule has 0 bridgehead atoms. The van der Waals surface area contributed by atoms with Crippen molar-refractivity contribution < 1.29 is 42.0 Å². The monoisotopic (exact) mass is 318 g/mol. The molecule has 0 amide bonds. The van der Waals surface area contributed by atoms with Crippen molar-refractivity contribution in [3.05, 3.63) is 6.92 Å². The zero-order chi connectivity index (χ0) is 11.9. The molecule has 0 aliphatic heterocycles. The molecule has 16 heavy (non-hydrogen) atoms. The van der Waals surface area contributed by atoms with Gasteiger partial charge in [0.2, 0.25) is 10.1 Å². The maximum absolute atomic E-state index is 10.8. The predicted octanol–water partition coefficient (Wildman–Crippen LogP) is -0.0792. The van der Waals surface area contributed by atoms with Gasteiger partial charge >= 0.3 is 0 Å². The van der Waals surface area contributed by atoms with Gasteiger partial charge < -0.3 is 6.92 Å². The summed E-state index contributed by atoms with van der Waals surface area (Å²) in [6.45, 7) is 3.24. The Kier molecular flexibility index (Phi) is 9.84. The molecule has 0 saturated carbocycles. The molecule has 0 rings (SSSR count). The van der Waals surface area contributed by atoms with Crippen LogP contribution in [0.25, 0.3) is 0 Å². The van der Waals surface area contributed by atoms with E-state index in [1.165, 1.54) is 0 Å². The first-order valence-corrected chi connectivity index (χ1v) is 7.67. The fourth-order valence-corrected chi connectivity index (χ4v) is 1.57. The molecule has 0 aromatic carbocycles. The summed E-state index contributed by atoms with van der Waals surface area (Å²) in [4.78, 5) is 0. The van der Waals surface area contributed by atoms with E-state index in [1.54, 1.807) is 0 Å². The third-order valence-corrected chi connectivity index (χ3v) is 2.97. The Hall–Kier alpha value is 0.326. The van der Waals surface area contributed by atoms with Crippen LogP contribution in [0.3, 0.4) is 0 Å². The molecule has 101 valence electrons. The van der Waals surface area contributed by atoms with Crippen LogP contribution in [0.1, 0.15) is 12.8 Å². The summed E-state index contributed by atoms with van der Waals surface area (Å²) in [6.07, 6.45) is 1.78. The summed E-state index contributed by atoms with van der Waals surface area (Å²) in [5.41, 5.74) is 0. The molecule has 0 unspecified atom stereocenters. The first-order valence-electron chi connectivity index (χ1n) is 4.27. The van der Waals surface area contributed by atoms with E-state index < -0.39 is 20.2 Å². The number of hydrogen-bond acceptors (Lipinski definition) is 6. The van der Waals surface area contributed by atoms with E-state index in [2.05, 4.69) is 15.3 Å². The Balaban J connectivity index is 0. The second-order valence-electron chi connectivity index (χ2n) is 2.82. The molecule has 0 spiro atoms. The molecule has 0 aliphatic carbocycles. The second-order valence-corrected chi connectivity index (χ2v) is 6.22. The quantitative estimate of drug-likeness (QED) is 0.353. The molecule has 6 nitrogen and oxygen atoms in total. The van der Waals surface area contributed by atoms with E-state index in [1.807, 2.05) is 0 Å². The van der Waals surface area contributed by atoms with Gasteiger partial charge in [-0.25, -0.2) is 8.42 Å². The molecule has 0 aliphatic rings. The molecule has 0 aromatic heterocycles. The molecule has 9 heteroatoms. The van der Waals surface area contributed by atoms with E-state index >= 15 is 0 Å². The van der Waals surface area contributed by atoms with Crippen LogP contribution >= 0.6 is 0 Å².